The van der Waals surface area contributed by atoms with Crippen molar-refractivity contribution in [2.24, 2.45) is 0 Å². The van der Waals surface area contributed by atoms with Crippen molar-refractivity contribution in [2.45, 2.75) is 0 Å². The molecule has 0 atom stereocenters. The summed E-state index contributed by atoms with van der Waals surface area (Å²) in [6.45, 7) is 0. The SMILES string of the molecule is c1cnc2c(-c3ccc4ncc(-c5ccncc5)n4n3)cccc2c1. The predicted molar refractivity (Wildman–Crippen MR) is 97.0 cm³/mol. The highest BCUT2D eigenvalue weighted by atomic mass is 15.3. The summed E-state index contributed by atoms with van der Waals surface area (Å²) in [6, 6.07) is 18.0. The number of pyridine rings is 2. The summed E-state index contributed by atoms with van der Waals surface area (Å²) in [7, 11) is 0. The van der Waals surface area contributed by atoms with Gasteiger partial charge >= 0.3 is 0 Å². The third-order valence-electron chi connectivity index (χ3n) is 4.25. The summed E-state index contributed by atoms with van der Waals surface area (Å²) in [5, 5.41) is 5.92. The van der Waals surface area contributed by atoms with Crippen molar-refractivity contribution in [3.63, 3.8) is 0 Å². The molecule has 0 aliphatic heterocycles. The van der Waals surface area contributed by atoms with Crippen LogP contribution in [0.3, 0.4) is 0 Å². The minimum atomic E-state index is 0.809. The Morgan fingerprint density at radius 1 is 0.760 bits per heavy atom. The molecule has 5 rings (SSSR count). The molecule has 5 heteroatoms. The standard InChI is InChI=1S/C20H13N5/c1-3-15-4-2-10-22-20(15)16(5-1)17-6-7-19-23-13-18(25(19)24-17)14-8-11-21-12-9-14/h1-13H. The van der Waals surface area contributed by atoms with E-state index in [0.717, 1.165) is 39.1 Å². The zero-order chi connectivity index (χ0) is 16.6. The Balaban J connectivity index is 1.75. The van der Waals surface area contributed by atoms with Crippen molar-refractivity contribution < 1.29 is 0 Å². The summed E-state index contributed by atoms with van der Waals surface area (Å²) in [5.41, 5.74) is 5.60. The van der Waals surface area contributed by atoms with Crippen molar-refractivity contribution in [1.82, 2.24) is 24.6 Å². The van der Waals surface area contributed by atoms with E-state index in [2.05, 4.69) is 27.1 Å². The van der Waals surface area contributed by atoms with Gasteiger partial charge in [0.25, 0.3) is 0 Å². The lowest BCUT2D eigenvalue weighted by Gasteiger charge is -2.07. The van der Waals surface area contributed by atoms with Gasteiger partial charge in [0.15, 0.2) is 5.65 Å². The van der Waals surface area contributed by atoms with Gasteiger partial charge in [0.1, 0.15) is 0 Å². The van der Waals surface area contributed by atoms with Crippen LogP contribution >= 0.6 is 0 Å². The maximum atomic E-state index is 4.83. The Labute approximate surface area is 143 Å². The van der Waals surface area contributed by atoms with Gasteiger partial charge in [-0.15, -0.1) is 0 Å². The van der Waals surface area contributed by atoms with Gasteiger partial charge in [-0.3, -0.25) is 9.97 Å². The molecule has 0 bridgehead atoms. The molecule has 4 aromatic heterocycles. The van der Waals surface area contributed by atoms with Crippen LogP contribution in [0.2, 0.25) is 0 Å². The molecular formula is C20H13N5. The van der Waals surface area contributed by atoms with Gasteiger partial charge in [-0.2, -0.15) is 5.10 Å². The van der Waals surface area contributed by atoms with Crippen LogP contribution in [0.25, 0.3) is 39.1 Å². The topological polar surface area (TPSA) is 56.0 Å². The number of aromatic nitrogens is 5. The van der Waals surface area contributed by atoms with Crippen molar-refractivity contribution in [1.29, 1.82) is 0 Å². The third-order valence-corrected chi connectivity index (χ3v) is 4.25. The zero-order valence-corrected chi connectivity index (χ0v) is 13.2. The molecule has 0 unspecified atom stereocenters. The van der Waals surface area contributed by atoms with Gasteiger partial charge in [0, 0.05) is 35.1 Å². The molecule has 25 heavy (non-hydrogen) atoms. The molecule has 4 heterocycles. The molecule has 118 valence electrons. The Morgan fingerprint density at radius 3 is 2.56 bits per heavy atom. The number of para-hydroxylation sites is 1. The number of benzene rings is 1. The molecule has 0 aliphatic rings. The second-order valence-electron chi connectivity index (χ2n) is 5.75. The molecule has 0 saturated heterocycles. The fraction of sp³-hybridized carbons (Fsp3) is 0. The van der Waals surface area contributed by atoms with E-state index in [-0.39, 0.29) is 0 Å². The van der Waals surface area contributed by atoms with Crippen molar-refractivity contribution in [3.8, 4) is 22.5 Å². The number of rotatable bonds is 2. The highest BCUT2D eigenvalue weighted by molar-refractivity contribution is 5.92. The van der Waals surface area contributed by atoms with Crippen molar-refractivity contribution in [3.05, 3.63) is 79.4 Å². The van der Waals surface area contributed by atoms with Crippen LogP contribution in [0.5, 0.6) is 0 Å². The highest BCUT2D eigenvalue weighted by Crippen LogP contribution is 2.27. The molecule has 1 aromatic carbocycles. The van der Waals surface area contributed by atoms with E-state index in [1.165, 1.54) is 0 Å². The molecule has 0 amide bonds. The van der Waals surface area contributed by atoms with Crippen molar-refractivity contribution >= 4 is 16.6 Å². The quantitative estimate of drug-likeness (QED) is 0.492. The molecule has 5 aromatic rings. The highest BCUT2D eigenvalue weighted by Gasteiger charge is 2.11. The van der Waals surface area contributed by atoms with Gasteiger partial charge in [-0.05, 0) is 30.3 Å². The van der Waals surface area contributed by atoms with Gasteiger partial charge in [-0.1, -0.05) is 24.3 Å². The lowest BCUT2D eigenvalue weighted by molar-refractivity contribution is 0.949. The molecule has 5 nitrogen and oxygen atoms in total. The molecule has 0 fully saturated rings. The number of imidazole rings is 1. The maximum absolute atomic E-state index is 4.83. The first-order chi connectivity index (χ1) is 12.4. The summed E-state index contributed by atoms with van der Waals surface area (Å²) in [5.74, 6) is 0. The van der Waals surface area contributed by atoms with Crippen LogP contribution in [-0.4, -0.2) is 24.6 Å². The maximum Gasteiger partial charge on any atom is 0.154 e. The second kappa shape index (κ2) is 5.49. The molecular weight excluding hydrogens is 310 g/mol. The first kappa shape index (κ1) is 13.8. The van der Waals surface area contributed by atoms with Crippen LogP contribution in [0.15, 0.2) is 79.4 Å². The first-order valence-corrected chi connectivity index (χ1v) is 7.99. The summed E-state index contributed by atoms with van der Waals surface area (Å²) in [6.07, 6.45) is 7.19. The van der Waals surface area contributed by atoms with Crippen LogP contribution in [-0.2, 0) is 0 Å². The predicted octanol–water partition coefficient (Wildman–Crippen LogP) is 4.01. The van der Waals surface area contributed by atoms with E-state index in [0.29, 0.717) is 0 Å². The normalized spacial score (nSPS) is 11.2. The molecule has 0 radical (unpaired) electrons. The van der Waals surface area contributed by atoms with Crippen molar-refractivity contribution in [2.75, 3.05) is 0 Å². The minimum absolute atomic E-state index is 0.809. The van der Waals surface area contributed by atoms with Crippen LogP contribution in [0.1, 0.15) is 0 Å². The number of hydrogen-bond acceptors (Lipinski definition) is 4. The van der Waals surface area contributed by atoms with E-state index in [1.54, 1.807) is 12.4 Å². The van der Waals surface area contributed by atoms with E-state index >= 15 is 0 Å². The van der Waals surface area contributed by atoms with E-state index in [4.69, 9.17) is 5.10 Å². The van der Waals surface area contributed by atoms with Gasteiger partial charge in [0.2, 0.25) is 0 Å². The lowest BCUT2D eigenvalue weighted by Crippen LogP contribution is -1.97. The summed E-state index contributed by atoms with van der Waals surface area (Å²) in [4.78, 5) is 13.1. The third kappa shape index (κ3) is 2.25. The van der Waals surface area contributed by atoms with Crippen LogP contribution < -0.4 is 0 Å². The summed E-state index contributed by atoms with van der Waals surface area (Å²) < 4.78 is 1.87. The average molecular weight is 323 g/mol. The Morgan fingerprint density at radius 2 is 1.64 bits per heavy atom. The smallest absolute Gasteiger partial charge is 0.154 e. The van der Waals surface area contributed by atoms with E-state index in [9.17, 15) is 0 Å². The monoisotopic (exact) mass is 323 g/mol. The minimum Gasteiger partial charge on any atom is -0.265 e. The van der Waals surface area contributed by atoms with Gasteiger partial charge < -0.3 is 0 Å². The molecule has 0 aliphatic carbocycles. The second-order valence-corrected chi connectivity index (χ2v) is 5.75. The summed E-state index contributed by atoms with van der Waals surface area (Å²) >= 11 is 0. The van der Waals surface area contributed by atoms with E-state index in [1.807, 2.05) is 59.4 Å². The fourth-order valence-electron chi connectivity index (χ4n) is 3.05. The Hall–Kier alpha value is -3.60. The fourth-order valence-corrected chi connectivity index (χ4v) is 3.05. The van der Waals surface area contributed by atoms with Crippen LogP contribution in [0, 0.1) is 0 Å². The van der Waals surface area contributed by atoms with Crippen LogP contribution in [0.4, 0.5) is 0 Å². The number of hydrogen-bond donors (Lipinski definition) is 0. The van der Waals surface area contributed by atoms with Gasteiger partial charge in [0.05, 0.1) is 23.1 Å². The number of fused-ring (bicyclic) bond motifs is 2. The first-order valence-electron chi connectivity index (χ1n) is 7.99. The van der Waals surface area contributed by atoms with E-state index < -0.39 is 0 Å². The molecule has 0 spiro atoms. The largest absolute Gasteiger partial charge is 0.265 e. The average Bonchev–Trinajstić information content (AvgIpc) is 3.11. The Kier molecular flexibility index (Phi) is 3.03. The van der Waals surface area contributed by atoms with Gasteiger partial charge in [-0.25, -0.2) is 9.50 Å². The number of nitrogens with zero attached hydrogens (tertiary/aromatic N) is 5. The Bertz CT molecular complexity index is 1190. The lowest BCUT2D eigenvalue weighted by atomic mass is 10.1. The zero-order valence-electron chi connectivity index (χ0n) is 13.2. The molecule has 0 N–H and O–H groups in total. The molecule has 0 saturated carbocycles.